The van der Waals surface area contributed by atoms with E-state index in [0.29, 0.717) is 40.3 Å². The first-order chi connectivity index (χ1) is 17.4. The lowest BCUT2D eigenvalue weighted by Gasteiger charge is -2.38. The van der Waals surface area contributed by atoms with Crippen molar-refractivity contribution in [3.05, 3.63) is 46.3 Å². The number of esters is 2. The number of carbonyl (C=O) groups is 3. The lowest BCUT2D eigenvalue weighted by molar-refractivity contribution is -0.151. The Kier molecular flexibility index (Phi) is 6.77. The van der Waals surface area contributed by atoms with Crippen LogP contribution < -0.4 is 14.8 Å². The van der Waals surface area contributed by atoms with Crippen molar-refractivity contribution in [1.82, 2.24) is 5.32 Å². The minimum atomic E-state index is -0.926. The molecule has 1 aromatic carbocycles. The van der Waals surface area contributed by atoms with Crippen molar-refractivity contribution in [3.63, 3.8) is 0 Å². The van der Waals surface area contributed by atoms with Crippen LogP contribution in [-0.4, -0.2) is 37.7 Å². The molecule has 1 saturated carbocycles. The molecule has 0 unspecified atom stereocenters. The monoisotopic (exact) mass is 495 g/mol. The van der Waals surface area contributed by atoms with Gasteiger partial charge in [-0.2, -0.15) is 0 Å². The van der Waals surface area contributed by atoms with Crippen LogP contribution in [0.25, 0.3) is 0 Å². The Morgan fingerprint density at radius 3 is 2.50 bits per heavy atom. The van der Waals surface area contributed by atoms with Crippen molar-refractivity contribution in [2.24, 2.45) is 11.8 Å². The summed E-state index contributed by atoms with van der Waals surface area (Å²) >= 11 is 0. The topological polar surface area (TPSA) is 100 Å². The van der Waals surface area contributed by atoms with Gasteiger partial charge in [0.25, 0.3) is 0 Å². The number of nitrogens with one attached hydrogen (secondary N) is 1. The molecule has 2 heterocycles. The molecule has 0 saturated heterocycles. The smallest absolute Gasteiger partial charge is 0.337 e. The zero-order valence-corrected chi connectivity index (χ0v) is 21.1. The summed E-state index contributed by atoms with van der Waals surface area (Å²) in [6.07, 6.45) is 6.40. The Bertz CT molecular complexity index is 1140. The second-order valence-electron chi connectivity index (χ2n) is 10.2. The lowest BCUT2D eigenvalue weighted by atomic mass is 9.69. The van der Waals surface area contributed by atoms with Crippen LogP contribution in [-0.2, 0) is 23.9 Å². The second kappa shape index (κ2) is 9.99. The van der Waals surface area contributed by atoms with E-state index in [-0.39, 0.29) is 24.6 Å². The van der Waals surface area contributed by atoms with Crippen LogP contribution in [0.3, 0.4) is 0 Å². The van der Waals surface area contributed by atoms with Gasteiger partial charge >= 0.3 is 11.9 Å². The number of Topliss-reactive ketones (excluding diaryl/α,β-unsaturated/α-hetero) is 1. The van der Waals surface area contributed by atoms with Crippen LogP contribution in [0.5, 0.6) is 11.5 Å². The van der Waals surface area contributed by atoms with Crippen molar-refractivity contribution in [2.45, 2.75) is 70.8 Å². The minimum absolute atomic E-state index is 0.116. The Hall–Kier alpha value is -3.29. The number of ketones is 1. The van der Waals surface area contributed by atoms with Gasteiger partial charge in [0.15, 0.2) is 17.3 Å². The minimum Gasteiger partial charge on any atom is -0.468 e. The molecule has 36 heavy (non-hydrogen) atoms. The fourth-order valence-electron chi connectivity index (χ4n) is 5.95. The van der Waals surface area contributed by atoms with E-state index in [2.05, 4.69) is 5.32 Å². The third-order valence-corrected chi connectivity index (χ3v) is 7.77. The predicted octanol–water partition coefficient (Wildman–Crippen LogP) is 4.29. The van der Waals surface area contributed by atoms with Gasteiger partial charge in [0, 0.05) is 22.9 Å². The summed E-state index contributed by atoms with van der Waals surface area (Å²) in [7, 11) is 1.29. The average Bonchev–Trinajstić information content (AvgIpc) is 3.18. The Balaban J connectivity index is 1.57. The molecule has 5 rings (SSSR count). The number of methoxy groups -OCH3 is 1. The van der Waals surface area contributed by atoms with E-state index in [1.165, 1.54) is 7.11 Å². The normalized spacial score (nSPS) is 26.2. The molecule has 3 atom stereocenters. The van der Waals surface area contributed by atoms with Gasteiger partial charge in [0.1, 0.15) is 12.0 Å². The SMILES string of the molecule is COC(=O)[C@@H]1C(=O)C2=C(C[C@@H]1C)NC(C)=C(C(=O)OC1CCCCCC1)[C@H]2c1ccc2c(c1)OCO2. The number of carbonyl (C=O) groups excluding carboxylic acids is 3. The average molecular weight is 496 g/mol. The molecule has 4 aliphatic rings. The molecule has 8 heteroatoms. The summed E-state index contributed by atoms with van der Waals surface area (Å²) in [5.41, 5.74) is 2.92. The maximum Gasteiger partial charge on any atom is 0.337 e. The highest BCUT2D eigenvalue weighted by Crippen LogP contribution is 2.47. The first-order valence-electron chi connectivity index (χ1n) is 12.8. The number of ether oxygens (including phenoxy) is 4. The van der Waals surface area contributed by atoms with Gasteiger partial charge in [-0.15, -0.1) is 0 Å². The number of allylic oxidation sites excluding steroid dienone is 3. The van der Waals surface area contributed by atoms with Crippen LogP contribution in [0.1, 0.15) is 70.3 Å². The van der Waals surface area contributed by atoms with Crippen LogP contribution >= 0.6 is 0 Å². The summed E-state index contributed by atoms with van der Waals surface area (Å²) in [5.74, 6) is -1.99. The van der Waals surface area contributed by atoms with E-state index in [0.717, 1.165) is 44.2 Å². The van der Waals surface area contributed by atoms with Crippen molar-refractivity contribution in [2.75, 3.05) is 13.9 Å². The third-order valence-electron chi connectivity index (χ3n) is 7.77. The van der Waals surface area contributed by atoms with Gasteiger partial charge in [-0.1, -0.05) is 25.8 Å². The van der Waals surface area contributed by atoms with Crippen molar-refractivity contribution in [1.29, 1.82) is 0 Å². The van der Waals surface area contributed by atoms with E-state index in [1.54, 1.807) is 6.07 Å². The fraction of sp³-hybridized carbons (Fsp3) is 0.536. The highest BCUT2D eigenvalue weighted by Gasteiger charge is 2.47. The number of dihydropyridines is 1. The van der Waals surface area contributed by atoms with Gasteiger partial charge in [-0.25, -0.2) is 4.79 Å². The number of hydrogen-bond acceptors (Lipinski definition) is 8. The number of benzene rings is 1. The van der Waals surface area contributed by atoms with Gasteiger partial charge < -0.3 is 24.3 Å². The lowest BCUT2D eigenvalue weighted by Crippen LogP contribution is -2.43. The highest BCUT2D eigenvalue weighted by atomic mass is 16.7. The van der Waals surface area contributed by atoms with Crippen LogP contribution in [0, 0.1) is 11.8 Å². The molecule has 8 nitrogen and oxygen atoms in total. The van der Waals surface area contributed by atoms with Crippen LogP contribution in [0.15, 0.2) is 40.7 Å². The zero-order valence-electron chi connectivity index (χ0n) is 21.1. The first-order valence-corrected chi connectivity index (χ1v) is 12.8. The molecular weight excluding hydrogens is 462 g/mol. The zero-order chi connectivity index (χ0) is 25.4. The van der Waals surface area contributed by atoms with Crippen molar-refractivity contribution < 1.29 is 33.3 Å². The Labute approximate surface area is 211 Å². The summed E-state index contributed by atoms with van der Waals surface area (Å²) in [4.78, 5) is 40.2. The third kappa shape index (κ3) is 4.38. The summed E-state index contributed by atoms with van der Waals surface area (Å²) in [6.45, 7) is 3.83. The maximum absolute atomic E-state index is 13.9. The molecular formula is C28H33NO7. The number of rotatable bonds is 4. The quantitative estimate of drug-likeness (QED) is 0.375. The predicted molar refractivity (Wildman–Crippen MR) is 130 cm³/mol. The maximum atomic E-state index is 13.9. The molecule has 0 aromatic heterocycles. The summed E-state index contributed by atoms with van der Waals surface area (Å²) in [6, 6.07) is 5.45. The molecule has 2 aliphatic heterocycles. The Morgan fingerprint density at radius 2 is 1.78 bits per heavy atom. The van der Waals surface area contributed by atoms with E-state index in [4.69, 9.17) is 18.9 Å². The second-order valence-corrected chi connectivity index (χ2v) is 10.2. The standard InChI is InChI=1S/C28H33NO7/c1-15-12-19-25(26(30)22(15)27(31)33-3)24(17-10-11-20-21(13-17)35-14-34-20)23(16(2)29-19)28(32)36-18-8-6-4-5-7-9-18/h10-11,13,15,18,22,24,29H,4-9,12,14H2,1-3H3/t15-,22-,24+/m0/s1. The summed E-state index contributed by atoms with van der Waals surface area (Å²) in [5, 5.41) is 3.32. The molecule has 0 bridgehead atoms. The van der Waals surface area contributed by atoms with Gasteiger partial charge in [0.05, 0.1) is 12.7 Å². The van der Waals surface area contributed by atoms with E-state index in [1.807, 2.05) is 26.0 Å². The van der Waals surface area contributed by atoms with E-state index in [9.17, 15) is 14.4 Å². The summed E-state index contributed by atoms with van der Waals surface area (Å²) < 4.78 is 22.1. The molecule has 192 valence electrons. The first kappa shape index (κ1) is 24.4. The molecule has 1 fully saturated rings. The van der Waals surface area contributed by atoms with Gasteiger partial charge in [-0.3, -0.25) is 9.59 Å². The molecule has 0 radical (unpaired) electrons. The van der Waals surface area contributed by atoms with E-state index < -0.39 is 23.8 Å². The molecule has 0 amide bonds. The van der Waals surface area contributed by atoms with E-state index >= 15 is 0 Å². The molecule has 0 spiro atoms. The highest BCUT2D eigenvalue weighted by molar-refractivity contribution is 6.12. The molecule has 2 aliphatic carbocycles. The molecule has 1 N–H and O–H groups in total. The fourth-order valence-corrected chi connectivity index (χ4v) is 5.95. The number of fused-ring (bicyclic) bond motifs is 1. The van der Waals surface area contributed by atoms with Crippen LogP contribution in [0.4, 0.5) is 0 Å². The van der Waals surface area contributed by atoms with Crippen molar-refractivity contribution in [3.8, 4) is 11.5 Å². The van der Waals surface area contributed by atoms with Gasteiger partial charge in [0.2, 0.25) is 6.79 Å². The largest absolute Gasteiger partial charge is 0.468 e. The van der Waals surface area contributed by atoms with Crippen molar-refractivity contribution >= 4 is 17.7 Å². The van der Waals surface area contributed by atoms with Gasteiger partial charge in [-0.05, 0) is 62.6 Å². The Morgan fingerprint density at radius 1 is 1.06 bits per heavy atom. The van der Waals surface area contributed by atoms with Crippen LogP contribution in [0.2, 0.25) is 0 Å². The number of hydrogen-bond donors (Lipinski definition) is 1. The molecule has 1 aromatic rings.